The number of hydrogen-bond acceptors (Lipinski definition) is 4. The van der Waals surface area contributed by atoms with Gasteiger partial charge in [-0.2, -0.15) is 4.31 Å². The van der Waals surface area contributed by atoms with Crippen molar-refractivity contribution in [2.45, 2.75) is 23.1 Å². The van der Waals surface area contributed by atoms with Gasteiger partial charge in [0.25, 0.3) is 10.0 Å². The second-order valence-corrected chi connectivity index (χ2v) is 7.72. The molecule has 1 aliphatic heterocycles. The van der Waals surface area contributed by atoms with Gasteiger partial charge in [0.05, 0.1) is 0 Å². The summed E-state index contributed by atoms with van der Waals surface area (Å²) in [6.07, 6.45) is 2.58. The highest BCUT2D eigenvalue weighted by molar-refractivity contribution is 7.91. The zero-order chi connectivity index (χ0) is 11.9. The average Bonchev–Trinajstić information content (AvgIpc) is 3.03. The lowest BCUT2D eigenvalue weighted by molar-refractivity contribution is 0.181. The first kappa shape index (κ1) is 11.6. The van der Waals surface area contributed by atoms with Crippen LogP contribution in [0.1, 0.15) is 12.8 Å². The quantitative estimate of drug-likeness (QED) is 0.830. The highest BCUT2D eigenvalue weighted by Gasteiger charge is 2.35. The molecule has 4 nitrogen and oxygen atoms in total. The van der Waals surface area contributed by atoms with E-state index < -0.39 is 10.0 Å². The zero-order valence-corrected chi connectivity index (χ0v) is 11.2. The third-order valence-corrected chi connectivity index (χ3v) is 6.70. The highest BCUT2D eigenvalue weighted by Crippen LogP contribution is 2.29. The molecule has 0 radical (unpaired) electrons. The van der Waals surface area contributed by atoms with Gasteiger partial charge in [-0.15, -0.1) is 11.3 Å². The second-order valence-electron chi connectivity index (χ2n) is 4.60. The molecule has 0 N–H and O–H groups in total. The molecule has 0 amide bonds. The summed E-state index contributed by atoms with van der Waals surface area (Å²) in [7, 11) is -3.22. The summed E-state index contributed by atoms with van der Waals surface area (Å²) in [4.78, 5) is 2.42. The lowest BCUT2D eigenvalue weighted by Gasteiger charge is -2.33. The van der Waals surface area contributed by atoms with Crippen LogP contribution in [-0.4, -0.2) is 49.8 Å². The summed E-state index contributed by atoms with van der Waals surface area (Å²) in [5.41, 5.74) is 0. The van der Waals surface area contributed by atoms with Crippen molar-refractivity contribution in [3.63, 3.8) is 0 Å². The molecule has 1 aromatic heterocycles. The molecule has 17 heavy (non-hydrogen) atoms. The van der Waals surface area contributed by atoms with Crippen LogP contribution in [-0.2, 0) is 10.0 Å². The van der Waals surface area contributed by atoms with E-state index >= 15 is 0 Å². The van der Waals surface area contributed by atoms with E-state index in [1.165, 1.54) is 24.2 Å². The maximum absolute atomic E-state index is 12.3. The Bertz CT molecular complexity index is 472. The lowest BCUT2D eigenvalue weighted by Crippen LogP contribution is -2.49. The van der Waals surface area contributed by atoms with Gasteiger partial charge in [-0.1, -0.05) is 6.07 Å². The zero-order valence-electron chi connectivity index (χ0n) is 9.58. The van der Waals surface area contributed by atoms with Gasteiger partial charge in [0.2, 0.25) is 0 Å². The normalized spacial score (nSPS) is 24.0. The molecular weight excluding hydrogens is 256 g/mol. The van der Waals surface area contributed by atoms with E-state index in [1.807, 2.05) is 5.38 Å². The third kappa shape index (κ3) is 2.27. The minimum atomic E-state index is -3.22. The molecule has 1 saturated heterocycles. The summed E-state index contributed by atoms with van der Waals surface area (Å²) in [5.74, 6) is 0. The highest BCUT2D eigenvalue weighted by atomic mass is 32.2. The molecule has 0 atom stereocenters. The van der Waals surface area contributed by atoms with Crippen molar-refractivity contribution in [3.8, 4) is 0 Å². The van der Waals surface area contributed by atoms with Crippen LogP contribution >= 0.6 is 11.3 Å². The number of nitrogens with zero attached hydrogens (tertiary/aromatic N) is 2. The molecule has 2 fully saturated rings. The van der Waals surface area contributed by atoms with Crippen LogP contribution in [0.4, 0.5) is 0 Å². The fourth-order valence-electron chi connectivity index (χ4n) is 2.29. The first-order valence-corrected chi connectivity index (χ1v) is 8.27. The van der Waals surface area contributed by atoms with Crippen LogP contribution in [0, 0.1) is 0 Å². The van der Waals surface area contributed by atoms with Gasteiger partial charge in [-0.25, -0.2) is 8.42 Å². The maximum Gasteiger partial charge on any atom is 0.252 e. The van der Waals surface area contributed by atoms with Crippen LogP contribution in [0.3, 0.4) is 0 Å². The van der Waals surface area contributed by atoms with Crippen molar-refractivity contribution in [1.29, 1.82) is 0 Å². The predicted octanol–water partition coefficient (Wildman–Crippen LogP) is 1.22. The van der Waals surface area contributed by atoms with Crippen LogP contribution in [0.2, 0.25) is 0 Å². The Morgan fingerprint density at radius 1 is 1.18 bits per heavy atom. The Kier molecular flexibility index (Phi) is 2.98. The standard InChI is InChI=1S/C11H16N2O2S2/c14-17(15,11-2-1-9-16-11)13-7-5-12(6-8-13)10-3-4-10/h1-2,9-10H,3-8H2. The molecule has 6 heteroatoms. The Balaban J connectivity index is 1.69. The van der Waals surface area contributed by atoms with E-state index in [2.05, 4.69) is 4.90 Å². The summed E-state index contributed by atoms with van der Waals surface area (Å²) in [6.45, 7) is 3.04. The molecule has 94 valence electrons. The SMILES string of the molecule is O=S(=O)(c1cccs1)N1CCN(C2CC2)CC1. The molecule has 0 aromatic carbocycles. The van der Waals surface area contributed by atoms with Gasteiger partial charge < -0.3 is 0 Å². The topological polar surface area (TPSA) is 40.6 Å². The fraction of sp³-hybridized carbons (Fsp3) is 0.636. The number of hydrogen-bond donors (Lipinski definition) is 0. The maximum atomic E-state index is 12.3. The van der Waals surface area contributed by atoms with Gasteiger partial charge in [0.1, 0.15) is 4.21 Å². The fourth-order valence-corrected chi connectivity index (χ4v) is 4.85. The van der Waals surface area contributed by atoms with E-state index in [9.17, 15) is 8.42 Å². The first-order chi connectivity index (χ1) is 8.18. The minimum Gasteiger partial charge on any atom is -0.298 e. The summed E-state index contributed by atoms with van der Waals surface area (Å²) in [6, 6.07) is 4.22. The van der Waals surface area contributed by atoms with Gasteiger partial charge in [-0.05, 0) is 24.3 Å². The Morgan fingerprint density at radius 3 is 2.41 bits per heavy atom. The Labute approximate surface area is 106 Å². The Morgan fingerprint density at radius 2 is 1.88 bits per heavy atom. The van der Waals surface area contributed by atoms with E-state index in [0.717, 1.165) is 19.1 Å². The van der Waals surface area contributed by atoms with Crippen molar-refractivity contribution >= 4 is 21.4 Å². The van der Waals surface area contributed by atoms with Gasteiger partial charge in [0, 0.05) is 32.2 Å². The number of sulfonamides is 1. The van der Waals surface area contributed by atoms with Crippen molar-refractivity contribution in [3.05, 3.63) is 17.5 Å². The molecule has 0 spiro atoms. The third-order valence-electron chi connectivity index (χ3n) is 3.43. The molecule has 2 heterocycles. The average molecular weight is 272 g/mol. The Hall–Kier alpha value is -0.430. The van der Waals surface area contributed by atoms with Gasteiger partial charge >= 0.3 is 0 Å². The smallest absolute Gasteiger partial charge is 0.252 e. The summed E-state index contributed by atoms with van der Waals surface area (Å²) < 4.78 is 26.6. The lowest BCUT2D eigenvalue weighted by atomic mass is 10.3. The van der Waals surface area contributed by atoms with Crippen LogP contribution in [0.15, 0.2) is 21.7 Å². The molecule has 3 rings (SSSR count). The molecule has 1 aliphatic carbocycles. The van der Waals surface area contributed by atoms with Crippen molar-refractivity contribution in [2.75, 3.05) is 26.2 Å². The monoisotopic (exact) mass is 272 g/mol. The summed E-state index contributed by atoms with van der Waals surface area (Å²) in [5, 5.41) is 1.81. The van der Waals surface area contributed by atoms with E-state index in [0.29, 0.717) is 17.3 Å². The molecule has 0 bridgehead atoms. The van der Waals surface area contributed by atoms with Crippen LogP contribution in [0.25, 0.3) is 0 Å². The van der Waals surface area contributed by atoms with Crippen molar-refractivity contribution < 1.29 is 8.42 Å². The van der Waals surface area contributed by atoms with Crippen molar-refractivity contribution in [1.82, 2.24) is 9.21 Å². The van der Waals surface area contributed by atoms with Crippen LogP contribution < -0.4 is 0 Å². The molecule has 1 aromatic rings. The van der Waals surface area contributed by atoms with E-state index in [4.69, 9.17) is 0 Å². The molecular formula is C11H16N2O2S2. The minimum absolute atomic E-state index is 0.470. The predicted molar refractivity (Wildman–Crippen MR) is 67.7 cm³/mol. The molecule has 0 unspecified atom stereocenters. The molecule has 1 saturated carbocycles. The van der Waals surface area contributed by atoms with Crippen molar-refractivity contribution in [2.24, 2.45) is 0 Å². The number of rotatable bonds is 3. The number of piperazine rings is 1. The largest absolute Gasteiger partial charge is 0.298 e. The summed E-state index contributed by atoms with van der Waals surface area (Å²) >= 11 is 1.30. The van der Waals surface area contributed by atoms with Gasteiger partial charge in [0.15, 0.2) is 0 Å². The van der Waals surface area contributed by atoms with Crippen LogP contribution in [0.5, 0.6) is 0 Å². The first-order valence-electron chi connectivity index (χ1n) is 5.95. The van der Waals surface area contributed by atoms with E-state index in [-0.39, 0.29) is 0 Å². The van der Waals surface area contributed by atoms with E-state index in [1.54, 1.807) is 16.4 Å². The van der Waals surface area contributed by atoms with Gasteiger partial charge in [-0.3, -0.25) is 4.90 Å². The molecule has 2 aliphatic rings. The number of thiophene rings is 1. The second kappa shape index (κ2) is 4.35.